The summed E-state index contributed by atoms with van der Waals surface area (Å²) in [6.45, 7) is 2.55. The number of aromatic nitrogens is 2. The second kappa shape index (κ2) is 7.35. The second-order valence-corrected chi connectivity index (χ2v) is 6.09. The summed E-state index contributed by atoms with van der Waals surface area (Å²) in [7, 11) is 1.58. The molecule has 1 amide bonds. The quantitative estimate of drug-likeness (QED) is 0.768. The monoisotopic (exact) mass is 334 g/mol. The highest BCUT2D eigenvalue weighted by Gasteiger charge is 2.20. The minimum atomic E-state index is -0.556. The average molecular weight is 334 g/mol. The fourth-order valence-corrected chi connectivity index (χ4v) is 3.47. The summed E-state index contributed by atoms with van der Waals surface area (Å²) < 4.78 is 6.64. The molecule has 122 valence electrons. The van der Waals surface area contributed by atoms with E-state index in [0.29, 0.717) is 58.9 Å². The minimum absolute atomic E-state index is 0.194. The van der Waals surface area contributed by atoms with Crippen LogP contribution in [0.5, 0.6) is 0 Å². The number of primary amides is 1. The van der Waals surface area contributed by atoms with Crippen molar-refractivity contribution in [1.82, 2.24) is 9.55 Å². The molecule has 0 aliphatic heterocycles. The van der Waals surface area contributed by atoms with Crippen LogP contribution in [0.4, 0.5) is 0 Å². The third-order valence-electron chi connectivity index (χ3n) is 3.55. The van der Waals surface area contributed by atoms with Crippen molar-refractivity contribution < 1.29 is 9.53 Å². The molecule has 2 aromatic heterocycles. The van der Waals surface area contributed by atoms with Gasteiger partial charge in [0.15, 0.2) is 0 Å². The van der Waals surface area contributed by atoms with Gasteiger partial charge in [-0.15, -0.1) is 11.3 Å². The molecule has 2 aromatic rings. The van der Waals surface area contributed by atoms with Crippen molar-refractivity contribution in [2.45, 2.75) is 32.7 Å². The fraction of sp³-hybridized carbons (Fsp3) is 0.467. The number of aryl methyl sites for hydroxylation is 1. The first-order chi connectivity index (χ1) is 11.0. The molecule has 0 aliphatic rings. The Bertz CT molecular complexity index is 832. The van der Waals surface area contributed by atoms with E-state index in [1.165, 1.54) is 0 Å². The number of nitrogens with zero attached hydrogens (tertiary/aromatic N) is 3. The highest BCUT2D eigenvalue weighted by atomic mass is 32.1. The third kappa shape index (κ3) is 3.41. The molecule has 0 unspecified atom stereocenters. The summed E-state index contributed by atoms with van der Waals surface area (Å²) >= 11 is 1.14. The number of fused-ring (bicyclic) bond motifs is 1. The number of carbonyl (C=O) groups excluding carboxylic acids is 1. The number of carbonyl (C=O) groups is 1. The van der Waals surface area contributed by atoms with Gasteiger partial charge in [0, 0.05) is 26.5 Å². The smallest absolute Gasteiger partial charge is 0.262 e. The number of ether oxygens (including phenoxy) is 1. The zero-order chi connectivity index (χ0) is 17.0. The van der Waals surface area contributed by atoms with Gasteiger partial charge in [0.05, 0.1) is 22.9 Å². The predicted molar refractivity (Wildman–Crippen MR) is 87.6 cm³/mol. The fourth-order valence-electron chi connectivity index (χ4n) is 2.42. The lowest BCUT2D eigenvalue weighted by Crippen LogP contribution is -2.26. The van der Waals surface area contributed by atoms with Gasteiger partial charge in [-0.1, -0.05) is 0 Å². The molecule has 0 fully saturated rings. The van der Waals surface area contributed by atoms with Crippen LogP contribution in [0, 0.1) is 18.3 Å². The van der Waals surface area contributed by atoms with E-state index in [-0.39, 0.29) is 5.56 Å². The van der Waals surface area contributed by atoms with Crippen molar-refractivity contribution in [3.8, 4) is 6.07 Å². The van der Waals surface area contributed by atoms with Crippen LogP contribution in [0.3, 0.4) is 0 Å². The number of thiophene rings is 1. The van der Waals surface area contributed by atoms with Gasteiger partial charge in [-0.05, 0) is 18.9 Å². The molecule has 2 rings (SSSR count). The van der Waals surface area contributed by atoms with E-state index in [0.717, 1.165) is 11.3 Å². The van der Waals surface area contributed by atoms with Gasteiger partial charge in [0.2, 0.25) is 0 Å². The maximum atomic E-state index is 12.8. The van der Waals surface area contributed by atoms with Gasteiger partial charge < -0.3 is 10.5 Å². The average Bonchev–Trinajstić information content (AvgIpc) is 2.85. The SMILES string of the molecule is COCCc1nc2sc(C(N)=O)c(C)c2c(=O)n1CCCC#N. The van der Waals surface area contributed by atoms with Gasteiger partial charge in [-0.25, -0.2) is 4.98 Å². The van der Waals surface area contributed by atoms with E-state index in [2.05, 4.69) is 11.1 Å². The number of nitriles is 1. The minimum Gasteiger partial charge on any atom is -0.384 e. The van der Waals surface area contributed by atoms with Crippen molar-refractivity contribution in [2.75, 3.05) is 13.7 Å². The van der Waals surface area contributed by atoms with Crippen LogP contribution in [0.1, 0.15) is 33.9 Å². The number of rotatable bonds is 7. The summed E-state index contributed by atoms with van der Waals surface area (Å²) in [6.07, 6.45) is 1.41. The van der Waals surface area contributed by atoms with Crippen molar-refractivity contribution in [3.05, 3.63) is 26.6 Å². The predicted octanol–water partition coefficient (Wildman–Crippen LogP) is 1.36. The molecule has 0 atom stereocenters. The molecule has 23 heavy (non-hydrogen) atoms. The molecule has 0 radical (unpaired) electrons. The standard InChI is InChI=1S/C15H18N4O3S/c1-9-11-14(23-12(9)13(17)20)18-10(5-8-22-2)19(15(11)21)7-4-3-6-16/h3-5,7-8H2,1-2H3,(H2,17,20). The van der Waals surface area contributed by atoms with Crippen LogP contribution in [0.15, 0.2) is 4.79 Å². The summed E-state index contributed by atoms with van der Waals surface area (Å²) in [5, 5.41) is 9.11. The highest BCUT2D eigenvalue weighted by molar-refractivity contribution is 7.20. The van der Waals surface area contributed by atoms with Crippen LogP contribution in [-0.4, -0.2) is 29.2 Å². The summed E-state index contributed by atoms with van der Waals surface area (Å²) in [5.74, 6) is 0.0407. The first kappa shape index (κ1) is 17.1. The van der Waals surface area contributed by atoms with E-state index >= 15 is 0 Å². The Morgan fingerprint density at radius 3 is 2.87 bits per heavy atom. The highest BCUT2D eigenvalue weighted by Crippen LogP contribution is 2.27. The molecular weight excluding hydrogens is 316 g/mol. The number of hydrogen-bond acceptors (Lipinski definition) is 6. The molecule has 8 heteroatoms. The lowest BCUT2D eigenvalue weighted by atomic mass is 10.2. The zero-order valence-electron chi connectivity index (χ0n) is 13.1. The lowest BCUT2D eigenvalue weighted by Gasteiger charge is -2.11. The number of nitrogens with two attached hydrogens (primary N) is 1. The molecule has 2 N–H and O–H groups in total. The maximum absolute atomic E-state index is 12.8. The Morgan fingerprint density at radius 1 is 1.52 bits per heavy atom. The normalized spacial score (nSPS) is 10.8. The van der Waals surface area contributed by atoms with Crippen molar-refractivity contribution in [2.24, 2.45) is 5.73 Å². The molecule has 0 bridgehead atoms. The Morgan fingerprint density at radius 2 is 2.26 bits per heavy atom. The van der Waals surface area contributed by atoms with Crippen LogP contribution in [0.25, 0.3) is 10.2 Å². The van der Waals surface area contributed by atoms with Gasteiger partial charge >= 0.3 is 0 Å². The van der Waals surface area contributed by atoms with Crippen LogP contribution >= 0.6 is 11.3 Å². The Balaban J connectivity index is 2.61. The Hall–Kier alpha value is -2.24. The summed E-state index contributed by atoms with van der Waals surface area (Å²) in [6, 6.07) is 2.07. The van der Waals surface area contributed by atoms with E-state index in [4.69, 9.17) is 15.7 Å². The largest absolute Gasteiger partial charge is 0.384 e. The van der Waals surface area contributed by atoms with E-state index in [9.17, 15) is 9.59 Å². The van der Waals surface area contributed by atoms with Crippen molar-refractivity contribution >= 4 is 27.5 Å². The maximum Gasteiger partial charge on any atom is 0.262 e. The number of unbranched alkanes of at least 4 members (excludes halogenated alkanes) is 1. The van der Waals surface area contributed by atoms with Crippen molar-refractivity contribution in [3.63, 3.8) is 0 Å². The van der Waals surface area contributed by atoms with Crippen LogP contribution in [0.2, 0.25) is 0 Å². The second-order valence-electron chi connectivity index (χ2n) is 5.09. The van der Waals surface area contributed by atoms with Gasteiger partial charge in [0.25, 0.3) is 11.5 Å². The van der Waals surface area contributed by atoms with Gasteiger partial charge in [-0.2, -0.15) is 5.26 Å². The Kier molecular flexibility index (Phi) is 5.47. The Labute approximate surface area is 137 Å². The van der Waals surface area contributed by atoms with E-state index in [1.807, 2.05) is 0 Å². The van der Waals surface area contributed by atoms with Crippen LogP contribution in [-0.2, 0) is 17.7 Å². The molecule has 0 saturated carbocycles. The molecule has 0 saturated heterocycles. The number of amides is 1. The summed E-state index contributed by atoms with van der Waals surface area (Å²) in [4.78, 5) is 29.7. The zero-order valence-corrected chi connectivity index (χ0v) is 13.9. The molecule has 0 aliphatic carbocycles. The first-order valence-electron chi connectivity index (χ1n) is 7.19. The number of hydrogen-bond donors (Lipinski definition) is 1. The lowest BCUT2D eigenvalue weighted by molar-refractivity contribution is 0.100. The van der Waals surface area contributed by atoms with Gasteiger partial charge in [-0.3, -0.25) is 14.2 Å². The molecule has 2 heterocycles. The molecule has 0 spiro atoms. The molecular formula is C15H18N4O3S. The van der Waals surface area contributed by atoms with E-state index < -0.39 is 5.91 Å². The van der Waals surface area contributed by atoms with E-state index in [1.54, 1.807) is 18.6 Å². The van der Waals surface area contributed by atoms with Gasteiger partial charge in [0.1, 0.15) is 10.7 Å². The summed E-state index contributed by atoms with van der Waals surface area (Å²) in [5.41, 5.74) is 5.74. The number of methoxy groups -OCH3 is 1. The molecule has 0 aromatic carbocycles. The molecule has 7 nitrogen and oxygen atoms in total. The third-order valence-corrected chi connectivity index (χ3v) is 4.75. The van der Waals surface area contributed by atoms with Crippen LogP contribution < -0.4 is 11.3 Å². The van der Waals surface area contributed by atoms with Crippen molar-refractivity contribution in [1.29, 1.82) is 5.26 Å². The topological polar surface area (TPSA) is 111 Å². The first-order valence-corrected chi connectivity index (χ1v) is 8.01.